The van der Waals surface area contributed by atoms with Gasteiger partial charge in [0, 0.05) is 16.7 Å². The van der Waals surface area contributed by atoms with Crippen molar-refractivity contribution < 1.29 is 13.5 Å². The molecular weight excluding hydrogens is 323 g/mol. The highest BCUT2D eigenvalue weighted by molar-refractivity contribution is 6.31. The maximum atomic E-state index is 14.3. The van der Waals surface area contributed by atoms with E-state index in [4.69, 9.17) is 26.5 Å². The van der Waals surface area contributed by atoms with E-state index in [-0.39, 0.29) is 33.4 Å². The normalized spacial score (nSPS) is 16.5. The zero-order valence-electron chi connectivity index (χ0n) is 11.9. The fourth-order valence-electron chi connectivity index (χ4n) is 2.59. The van der Waals surface area contributed by atoms with Crippen molar-refractivity contribution in [3.8, 4) is 11.8 Å². The Morgan fingerprint density at radius 3 is 2.78 bits per heavy atom. The summed E-state index contributed by atoms with van der Waals surface area (Å²) in [5, 5.41) is 9.45. The van der Waals surface area contributed by atoms with E-state index in [1.165, 1.54) is 24.3 Å². The molecular formula is C16H10ClFN2O3. The highest BCUT2D eigenvalue weighted by Crippen LogP contribution is 2.43. The fraction of sp³-hybridized carbons (Fsp3) is 0.125. The van der Waals surface area contributed by atoms with Crippen molar-refractivity contribution in [1.29, 1.82) is 5.26 Å². The van der Waals surface area contributed by atoms with Gasteiger partial charge in [0.2, 0.25) is 5.88 Å². The summed E-state index contributed by atoms with van der Waals surface area (Å²) in [5.41, 5.74) is 4.92. The molecule has 0 saturated carbocycles. The first-order chi connectivity index (χ1) is 10.9. The SMILES string of the molecule is Cc1cc2c(c(=O)o1)C(c1c(F)cccc1Cl)C(C#N)=C(N)O2. The lowest BCUT2D eigenvalue weighted by atomic mass is 9.84. The molecule has 0 aliphatic carbocycles. The van der Waals surface area contributed by atoms with Crippen LogP contribution in [0.2, 0.25) is 5.02 Å². The number of nitrogens with two attached hydrogens (primary N) is 1. The Kier molecular flexibility index (Phi) is 3.58. The Balaban J connectivity index is 2.40. The zero-order valence-corrected chi connectivity index (χ0v) is 12.6. The highest BCUT2D eigenvalue weighted by Gasteiger charge is 2.36. The molecule has 2 aromatic rings. The third kappa shape index (κ3) is 2.35. The summed E-state index contributed by atoms with van der Waals surface area (Å²) in [5.74, 6) is -1.51. The summed E-state index contributed by atoms with van der Waals surface area (Å²) >= 11 is 6.10. The predicted octanol–water partition coefficient (Wildman–Crippen LogP) is 2.96. The first-order valence-electron chi connectivity index (χ1n) is 6.60. The predicted molar refractivity (Wildman–Crippen MR) is 80.4 cm³/mol. The minimum Gasteiger partial charge on any atom is -0.440 e. The zero-order chi connectivity index (χ0) is 16.7. The smallest absolute Gasteiger partial charge is 0.343 e. The molecule has 3 rings (SSSR count). The number of rotatable bonds is 1. The molecule has 1 aromatic heterocycles. The molecule has 1 aromatic carbocycles. The van der Waals surface area contributed by atoms with Gasteiger partial charge in [-0.25, -0.2) is 9.18 Å². The number of hydrogen-bond donors (Lipinski definition) is 1. The second kappa shape index (κ2) is 5.45. The maximum Gasteiger partial charge on any atom is 0.343 e. The molecule has 1 aliphatic rings. The number of allylic oxidation sites excluding steroid dienone is 1. The summed E-state index contributed by atoms with van der Waals surface area (Å²) in [6.45, 7) is 1.57. The number of ether oxygens (including phenoxy) is 1. The van der Waals surface area contributed by atoms with Gasteiger partial charge >= 0.3 is 5.63 Å². The standard InChI is InChI=1S/C16H10ClFN2O3/c1-7-5-11-14(16(21)22-7)12(8(6-19)15(20)23-11)13-9(17)3-2-4-10(13)18/h2-5,12H,20H2,1H3. The van der Waals surface area contributed by atoms with Crippen LogP contribution in [-0.2, 0) is 0 Å². The van der Waals surface area contributed by atoms with Gasteiger partial charge in [0.25, 0.3) is 0 Å². The molecule has 116 valence electrons. The van der Waals surface area contributed by atoms with Crippen LogP contribution in [0.25, 0.3) is 0 Å². The van der Waals surface area contributed by atoms with Crippen LogP contribution < -0.4 is 16.1 Å². The van der Waals surface area contributed by atoms with E-state index in [2.05, 4.69) is 0 Å². The molecule has 7 heteroatoms. The van der Waals surface area contributed by atoms with E-state index in [0.29, 0.717) is 5.76 Å². The molecule has 0 spiro atoms. The molecule has 23 heavy (non-hydrogen) atoms. The van der Waals surface area contributed by atoms with Gasteiger partial charge in [0.1, 0.15) is 29.0 Å². The van der Waals surface area contributed by atoms with Crippen LogP contribution in [0.1, 0.15) is 22.8 Å². The molecule has 5 nitrogen and oxygen atoms in total. The molecule has 0 radical (unpaired) electrons. The number of halogens is 2. The van der Waals surface area contributed by atoms with Crippen LogP contribution in [0.15, 0.2) is 44.9 Å². The van der Waals surface area contributed by atoms with E-state index in [9.17, 15) is 14.4 Å². The Bertz CT molecular complexity index is 923. The van der Waals surface area contributed by atoms with E-state index >= 15 is 0 Å². The Labute approximate surface area is 135 Å². The Morgan fingerprint density at radius 1 is 1.39 bits per heavy atom. The topological polar surface area (TPSA) is 89.2 Å². The monoisotopic (exact) mass is 332 g/mol. The van der Waals surface area contributed by atoms with Gasteiger partial charge in [-0.3, -0.25) is 0 Å². The van der Waals surface area contributed by atoms with Crippen molar-refractivity contribution in [3.63, 3.8) is 0 Å². The first-order valence-corrected chi connectivity index (χ1v) is 6.98. The molecule has 1 atom stereocenters. The van der Waals surface area contributed by atoms with Gasteiger partial charge < -0.3 is 14.9 Å². The van der Waals surface area contributed by atoms with Crippen molar-refractivity contribution in [2.45, 2.75) is 12.8 Å². The van der Waals surface area contributed by atoms with Gasteiger partial charge in [0.05, 0.1) is 11.5 Å². The largest absolute Gasteiger partial charge is 0.440 e. The quantitative estimate of drug-likeness (QED) is 0.867. The minimum absolute atomic E-state index is 0.00616. The van der Waals surface area contributed by atoms with Crippen molar-refractivity contribution in [2.24, 2.45) is 5.73 Å². The third-order valence-electron chi connectivity index (χ3n) is 3.54. The van der Waals surface area contributed by atoms with Gasteiger partial charge in [-0.05, 0) is 19.1 Å². The summed E-state index contributed by atoms with van der Waals surface area (Å²) in [7, 11) is 0. The second-order valence-electron chi connectivity index (χ2n) is 4.98. The van der Waals surface area contributed by atoms with Crippen molar-refractivity contribution in [1.82, 2.24) is 0 Å². The second-order valence-corrected chi connectivity index (χ2v) is 5.39. The number of aryl methyl sites for hydroxylation is 1. The lowest BCUT2D eigenvalue weighted by Crippen LogP contribution is -2.27. The Morgan fingerprint density at radius 2 is 2.13 bits per heavy atom. The van der Waals surface area contributed by atoms with Crippen LogP contribution in [0.4, 0.5) is 4.39 Å². The molecule has 2 N–H and O–H groups in total. The fourth-order valence-corrected chi connectivity index (χ4v) is 2.87. The van der Waals surface area contributed by atoms with Gasteiger partial charge in [-0.15, -0.1) is 0 Å². The van der Waals surface area contributed by atoms with Crippen molar-refractivity contribution >= 4 is 11.6 Å². The minimum atomic E-state index is -1.09. The molecule has 0 bridgehead atoms. The molecule has 0 saturated heterocycles. The number of nitrogens with zero attached hydrogens (tertiary/aromatic N) is 1. The van der Waals surface area contributed by atoms with Crippen molar-refractivity contribution in [2.75, 3.05) is 0 Å². The van der Waals surface area contributed by atoms with Gasteiger partial charge in [-0.2, -0.15) is 5.26 Å². The summed E-state index contributed by atoms with van der Waals surface area (Å²) < 4.78 is 24.7. The molecule has 0 fully saturated rings. The molecule has 2 heterocycles. The molecule has 1 unspecified atom stereocenters. The summed E-state index contributed by atoms with van der Waals surface area (Å²) in [4.78, 5) is 12.3. The van der Waals surface area contributed by atoms with Crippen LogP contribution in [-0.4, -0.2) is 0 Å². The van der Waals surface area contributed by atoms with E-state index in [0.717, 1.165) is 0 Å². The van der Waals surface area contributed by atoms with Crippen LogP contribution in [0.3, 0.4) is 0 Å². The molecule has 0 amide bonds. The number of hydrogen-bond acceptors (Lipinski definition) is 5. The number of benzene rings is 1. The summed E-state index contributed by atoms with van der Waals surface area (Å²) in [6.07, 6.45) is 0. The average Bonchev–Trinajstić information content (AvgIpc) is 2.46. The Hall–Kier alpha value is -2.78. The van der Waals surface area contributed by atoms with E-state index < -0.39 is 17.4 Å². The third-order valence-corrected chi connectivity index (χ3v) is 3.87. The van der Waals surface area contributed by atoms with Gasteiger partial charge in [0.15, 0.2) is 0 Å². The van der Waals surface area contributed by atoms with Gasteiger partial charge in [-0.1, -0.05) is 17.7 Å². The average molecular weight is 333 g/mol. The van der Waals surface area contributed by atoms with E-state index in [1.54, 1.807) is 6.92 Å². The van der Waals surface area contributed by atoms with E-state index in [1.807, 2.05) is 6.07 Å². The highest BCUT2D eigenvalue weighted by atomic mass is 35.5. The maximum absolute atomic E-state index is 14.3. The van der Waals surface area contributed by atoms with Crippen molar-refractivity contribution in [3.05, 3.63) is 73.9 Å². The molecule has 1 aliphatic heterocycles. The number of fused-ring (bicyclic) bond motifs is 1. The van der Waals surface area contributed by atoms with Crippen LogP contribution >= 0.6 is 11.6 Å². The lowest BCUT2D eigenvalue weighted by Gasteiger charge is -2.26. The van der Waals surface area contributed by atoms with Crippen LogP contribution in [0.5, 0.6) is 5.75 Å². The van der Waals surface area contributed by atoms with Crippen LogP contribution in [0, 0.1) is 24.1 Å². The first kappa shape index (κ1) is 15.1. The number of nitriles is 1. The summed E-state index contributed by atoms with van der Waals surface area (Å²) in [6, 6.07) is 7.41. The lowest BCUT2D eigenvalue weighted by molar-refractivity contribution is 0.370.